The second kappa shape index (κ2) is 4.54. The summed E-state index contributed by atoms with van der Waals surface area (Å²) in [5, 5.41) is 0. The molecule has 1 aromatic rings. The highest BCUT2D eigenvalue weighted by Crippen LogP contribution is 2.02. The predicted octanol–water partition coefficient (Wildman–Crippen LogP) is 1.14. The molecular weight excluding hydrogens is 168 g/mol. The van der Waals surface area contributed by atoms with Gasteiger partial charge in [-0.05, 0) is 6.42 Å². The van der Waals surface area contributed by atoms with Gasteiger partial charge in [-0.3, -0.25) is 4.79 Å². The molecule has 70 valence electrons. The van der Waals surface area contributed by atoms with E-state index in [1.165, 1.54) is 12.4 Å². The number of rotatable bonds is 4. The van der Waals surface area contributed by atoms with Gasteiger partial charge in [0.1, 0.15) is 0 Å². The molecule has 0 saturated heterocycles. The monoisotopic (exact) mass is 180 g/mol. The Bertz CT molecular complexity index is 323. The number of unbranched alkanes of at least 4 members (excludes halogenated alkanes) is 1. The number of ketones is 1. The van der Waals surface area contributed by atoms with Crippen molar-refractivity contribution in [3.63, 3.8) is 0 Å². The molecule has 13 heavy (non-hydrogen) atoms. The van der Waals surface area contributed by atoms with Crippen LogP contribution in [-0.4, -0.2) is 15.8 Å². The van der Waals surface area contributed by atoms with Gasteiger partial charge in [-0.2, -0.15) is 0 Å². The summed E-state index contributed by atoms with van der Waals surface area (Å²) < 4.78 is 0. The molecule has 0 fully saturated rings. The molecule has 0 amide bonds. The van der Waals surface area contributed by atoms with Crippen molar-refractivity contribution < 1.29 is 4.79 Å². The topological polar surface area (TPSA) is 62.8 Å². The van der Waals surface area contributed by atoms with Crippen LogP contribution in [0.2, 0.25) is 0 Å². The highest BCUT2D eigenvalue weighted by molar-refractivity contribution is 5.95. The van der Waals surface area contributed by atoms with Gasteiger partial charge in [0, 0.05) is 18.8 Å². The first kappa shape index (κ1) is 9.64. The maximum atomic E-state index is 11.4. The lowest BCUT2D eigenvalue weighted by Gasteiger charge is -1.97. The zero-order chi connectivity index (χ0) is 9.68. The van der Waals surface area contributed by atoms with Crippen molar-refractivity contribution in [2.75, 3.05) is 0 Å². The Morgan fingerprint density at radius 3 is 2.92 bits per heavy atom. The van der Waals surface area contributed by atoms with E-state index in [2.05, 4.69) is 9.97 Å². The fourth-order valence-corrected chi connectivity index (χ4v) is 0.976. The van der Waals surface area contributed by atoms with E-state index in [1.54, 1.807) is 0 Å². The van der Waals surface area contributed by atoms with Crippen LogP contribution < -0.4 is 5.69 Å². The minimum Gasteiger partial charge on any atom is -0.312 e. The number of nitrogens with one attached hydrogen (secondary N) is 1. The van der Waals surface area contributed by atoms with Gasteiger partial charge in [0.05, 0.1) is 5.56 Å². The first-order valence-electron chi connectivity index (χ1n) is 4.32. The van der Waals surface area contributed by atoms with Crippen molar-refractivity contribution in [2.24, 2.45) is 0 Å². The number of aromatic nitrogens is 2. The van der Waals surface area contributed by atoms with Crippen LogP contribution >= 0.6 is 0 Å². The molecule has 0 aliphatic carbocycles. The number of carbonyl (C=O) groups is 1. The summed E-state index contributed by atoms with van der Waals surface area (Å²) in [6.45, 7) is 2.03. The Morgan fingerprint density at radius 1 is 1.62 bits per heavy atom. The Hall–Kier alpha value is -1.45. The van der Waals surface area contributed by atoms with Gasteiger partial charge in [-0.15, -0.1) is 0 Å². The van der Waals surface area contributed by atoms with E-state index in [0.29, 0.717) is 12.0 Å². The molecule has 0 atom stereocenters. The predicted molar refractivity (Wildman–Crippen MR) is 48.7 cm³/mol. The number of carbonyl (C=O) groups excluding carboxylic acids is 1. The third-order valence-electron chi connectivity index (χ3n) is 1.75. The molecule has 0 aliphatic heterocycles. The van der Waals surface area contributed by atoms with E-state index in [0.717, 1.165) is 12.8 Å². The van der Waals surface area contributed by atoms with Crippen LogP contribution in [0.1, 0.15) is 36.5 Å². The van der Waals surface area contributed by atoms with E-state index >= 15 is 0 Å². The van der Waals surface area contributed by atoms with Gasteiger partial charge in [0.15, 0.2) is 5.78 Å². The van der Waals surface area contributed by atoms with Crippen molar-refractivity contribution in [2.45, 2.75) is 26.2 Å². The van der Waals surface area contributed by atoms with Crippen molar-refractivity contribution in [3.05, 3.63) is 28.4 Å². The highest BCUT2D eigenvalue weighted by Gasteiger charge is 2.04. The fourth-order valence-electron chi connectivity index (χ4n) is 0.976. The summed E-state index contributed by atoms with van der Waals surface area (Å²) in [5.74, 6) is 0.0330. The molecule has 0 aromatic carbocycles. The first-order valence-corrected chi connectivity index (χ1v) is 4.32. The molecule has 4 nitrogen and oxygen atoms in total. The van der Waals surface area contributed by atoms with Gasteiger partial charge >= 0.3 is 5.69 Å². The molecule has 1 aromatic heterocycles. The van der Waals surface area contributed by atoms with Crippen molar-refractivity contribution in [3.8, 4) is 0 Å². The second-order valence-electron chi connectivity index (χ2n) is 2.83. The van der Waals surface area contributed by atoms with Crippen LogP contribution in [0.15, 0.2) is 17.2 Å². The molecule has 0 aliphatic rings. The normalized spacial score (nSPS) is 9.92. The minimum absolute atomic E-state index is 0.0330. The molecule has 0 bridgehead atoms. The van der Waals surface area contributed by atoms with E-state index in [9.17, 15) is 9.59 Å². The average molecular weight is 180 g/mol. The van der Waals surface area contributed by atoms with Crippen LogP contribution in [-0.2, 0) is 0 Å². The van der Waals surface area contributed by atoms with Crippen LogP contribution in [0.4, 0.5) is 0 Å². The Balaban J connectivity index is 2.66. The lowest BCUT2D eigenvalue weighted by molar-refractivity contribution is 0.0979. The van der Waals surface area contributed by atoms with Crippen LogP contribution in [0.3, 0.4) is 0 Å². The van der Waals surface area contributed by atoms with Crippen molar-refractivity contribution in [1.82, 2.24) is 9.97 Å². The van der Waals surface area contributed by atoms with E-state index in [-0.39, 0.29) is 5.78 Å². The lowest BCUT2D eigenvalue weighted by atomic mass is 10.1. The number of Topliss-reactive ketones (excluding diaryl/α,β-unsaturated/α-hetero) is 1. The van der Waals surface area contributed by atoms with E-state index in [1.807, 2.05) is 6.92 Å². The van der Waals surface area contributed by atoms with Gasteiger partial charge in [-0.25, -0.2) is 9.78 Å². The summed E-state index contributed by atoms with van der Waals surface area (Å²) >= 11 is 0. The maximum Gasteiger partial charge on any atom is 0.344 e. The van der Waals surface area contributed by atoms with Crippen LogP contribution in [0.5, 0.6) is 0 Å². The Labute approximate surface area is 76.0 Å². The third-order valence-corrected chi connectivity index (χ3v) is 1.75. The first-order chi connectivity index (χ1) is 6.24. The lowest BCUT2D eigenvalue weighted by Crippen LogP contribution is -2.11. The van der Waals surface area contributed by atoms with Crippen LogP contribution in [0, 0.1) is 0 Å². The molecule has 0 saturated carbocycles. The number of hydrogen-bond acceptors (Lipinski definition) is 3. The SMILES string of the molecule is CCCCC(=O)c1cnc(=O)[nH]c1. The van der Waals surface area contributed by atoms with Gasteiger partial charge < -0.3 is 4.98 Å². The summed E-state index contributed by atoms with van der Waals surface area (Å²) in [7, 11) is 0. The average Bonchev–Trinajstić information content (AvgIpc) is 2.15. The van der Waals surface area contributed by atoms with Crippen molar-refractivity contribution >= 4 is 5.78 Å². The molecule has 4 heteroatoms. The number of H-pyrrole nitrogens is 1. The molecule has 0 spiro atoms. The van der Waals surface area contributed by atoms with Crippen molar-refractivity contribution in [1.29, 1.82) is 0 Å². The largest absolute Gasteiger partial charge is 0.344 e. The van der Waals surface area contributed by atoms with Gasteiger partial charge in [0.2, 0.25) is 0 Å². The summed E-state index contributed by atoms with van der Waals surface area (Å²) in [4.78, 5) is 27.8. The third kappa shape index (κ3) is 2.82. The molecule has 1 heterocycles. The number of nitrogens with zero attached hydrogens (tertiary/aromatic N) is 1. The van der Waals surface area contributed by atoms with Gasteiger partial charge in [0.25, 0.3) is 0 Å². The molecule has 0 radical (unpaired) electrons. The zero-order valence-corrected chi connectivity index (χ0v) is 7.54. The maximum absolute atomic E-state index is 11.4. The number of hydrogen-bond donors (Lipinski definition) is 1. The number of aromatic amines is 1. The molecular formula is C9H12N2O2. The summed E-state index contributed by atoms with van der Waals surface area (Å²) in [6, 6.07) is 0. The Morgan fingerprint density at radius 2 is 2.38 bits per heavy atom. The standard InChI is InChI=1S/C9H12N2O2/c1-2-3-4-8(12)7-5-10-9(13)11-6-7/h5-6H,2-4H2,1H3,(H,10,11,13). The fraction of sp³-hybridized carbons (Fsp3) is 0.444. The van der Waals surface area contributed by atoms with E-state index < -0.39 is 5.69 Å². The highest BCUT2D eigenvalue weighted by atomic mass is 16.1. The smallest absolute Gasteiger partial charge is 0.312 e. The molecule has 1 rings (SSSR count). The molecule has 0 unspecified atom stereocenters. The minimum atomic E-state index is -0.424. The van der Waals surface area contributed by atoms with Gasteiger partial charge in [-0.1, -0.05) is 13.3 Å². The molecule has 1 N–H and O–H groups in total. The second-order valence-corrected chi connectivity index (χ2v) is 2.83. The summed E-state index contributed by atoms with van der Waals surface area (Å²) in [6.07, 6.45) is 5.11. The Kier molecular flexibility index (Phi) is 3.37. The van der Waals surface area contributed by atoms with Crippen LogP contribution in [0.25, 0.3) is 0 Å². The zero-order valence-electron chi connectivity index (χ0n) is 7.54. The van der Waals surface area contributed by atoms with E-state index in [4.69, 9.17) is 0 Å². The quantitative estimate of drug-likeness (QED) is 0.707. The summed E-state index contributed by atoms with van der Waals surface area (Å²) in [5.41, 5.74) is 0.0556.